The van der Waals surface area contributed by atoms with Gasteiger partial charge in [-0.05, 0) is 28.9 Å². The van der Waals surface area contributed by atoms with Crippen LogP contribution in [0, 0.1) is 0 Å². The van der Waals surface area contributed by atoms with E-state index in [1.165, 1.54) is 0 Å². The lowest BCUT2D eigenvalue weighted by molar-refractivity contribution is -0.745. The van der Waals surface area contributed by atoms with Crippen LogP contribution in [0.25, 0.3) is 11.3 Å². The zero-order valence-electron chi connectivity index (χ0n) is 10.7. The number of phenolic OH excluding ortho intramolecular Hbond substituents is 1. The highest BCUT2D eigenvalue weighted by molar-refractivity contribution is 5.65. The Kier molecular flexibility index (Phi) is 3.09. The molecule has 0 aliphatic rings. The van der Waals surface area contributed by atoms with E-state index < -0.39 is 0 Å². The van der Waals surface area contributed by atoms with E-state index in [4.69, 9.17) is 10.3 Å². The molecule has 1 heterocycles. The number of benzene rings is 2. The van der Waals surface area contributed by atoms with Crippen LogP contribution in [0.3, 0.4) is 0 Å². The molecule has 3 rings (SSSR count). The van der Waals surface area contributed by atoms with Crippen molar-refractivity contribution in [1.82, 2.24) is 5.27 Å². The molecule has 1 aromatic heterocycles. The molecule has 0 aliphatic heterocycles. The molecule has 0 fully saturated rings. The van der Waals surface area contributed by atoms with Gasteiger partial charge in [0, 0.05) is 5.56 Å². The summed E-state index contributed by atoms with van der Waals surface area (Å²) in [6.07, 6.45) is 0. The van der Waals surface area contributed by atoms with Crippen molar-refractivity contribution in [1.29, 1.82) is 0 Å². The molecule has 2 aromatic carbocycles. The second-order valence-electron chi connectivity index (χ2n) is 4.48. The maximum absolute atomic E-state index is 9.35. The Morgan fingerprint density at radius 3 is 2.45 bits per heavy atom. The molecule has 0 spiro atoms. The maximum atomic E-state index is 9.35. The fraction of sp³-hybridized carbons (Fsp3) is 0.0667. The van der Waals surface area contributed by atoms with Gasteiger partial charge in [-0.25, -0.2) is 0 Å². The highest BCUT2D eigenvalue weighted by atomic mass is 16.5. The number of nitrogens with two attached hydrogens (primary N) is 1. The molecule has 0 unspecified atom stereocenters. The first-order chi connectivity index (χ1) is 9.74. The van der Waals surface area contributed by atoms with Crippen LogP contribution in [-0.2, 0) is 6.54 Å². The molecule has 5 heteroatoms. The number of anilines is 1. The van der Waals surface area contributed by atoms with Crippen molar-refractivity contribution in [3.8, 4) is 17.0 Å². The van der Waals surface area contributed by atoms with Crippen molar-refractivity contribution < 1.29 is 14.3 Å². The molecule has 0 aliphatic carbocycles. The molecule has 0 saturated heterocycles. The number of aromatic hydroxyl groups is 1. The summed E-state index contributed by atoms with van der Waals surface area (Å²) in [7, 11) is 0. The third-order valence-corrected chi connectivity index (χ3v) is 3.05. The Morgan fingerprint density at radius 1 is 1.05 bits per heavy atom. The second-order valence-corrected chi connectivity index (χ2v) is 4.48. The van der Waals surface area contributed by atoms with Crippen molar-refractivity contribution in [2.24, 2.45) is 0 Å². The van der Waals surface area contributed by atoms with Crippen LogP contribution < -0.4 is 10.4 Å². The summed E-state index contributed by atoms with van der Waals surface area (Å²) < 4.78 is 6.79. The van der Waals surface area contributed by atoms with E-state index in [1.807, 2.05) is 30.3 Å². The monoisotopic (exact) mass is 268 g/mol. The van der Waals surface area contributed by atoms with Crippen LogP contribution in [0.15, 0.2) is 59.1 Å². The van der Waals surface area contributed by atoms with Crippen molar-refractivity contribution in [2.75, 3.05) is 5.73 Å². The molecule has 0 atom stereocenters. The van der Waals surface area contributed by atoms with Gasteiger partial charge in [0.05, 0.1) is 5.56 Å². The smallest absolute Gasteiger partial charge is 0.305 e. The topological polar surface area (TPSA) is 76.2 Å². The number of phenols is 1. The van der Waals surface area contributed by atoms with E-state index in [-0.39, 0.29) is 11.6 Å². The minimum Gasteiger partial charge on any atom is -0.508 e. The fourth-order valence-electron chi connectivity index (χ4n) is 2.08. The van der Waals surface area contributed by atoms with E-state index >= 15 is 0 Å². The number of nitrogen functional groups attached to an aromatic ring is 1. The first-order valence-electron chi connectivity index (χ1n) is 6.22. The van der Waals surface area contributed by atoms with Crippen molar-refractivity contribution in [3.05, 3.63) is 60.2 Å². The molecule has 0 bridgehead atoms. The summed E-state index contributed by atoms with van der Waals surface area (Å²) in [4.78, 5) is 0. The first-order valence-corrected chi connectivity index (χ1v) is 6.22. The van der Waals surface area contributed by atoms with Crippen LogP contribution in [0.5, 0.6) is 5.75 Å². The van der Waals surface area contributed by atoms with Gasteiger partial charge in [-0.3, -0.25) is 4.52 Å². The van der Waals surface area contributed by atoms with Gasteiger partial charge in [-0.15, -0.1) is 0 Å². The van der Waals surface area contributed by atoms with E-state index in [1.54, 1.807) is 28.9 Å². The Balaban J connectivity index is 1.99. The highest BCUT2D eigenvalue weighted by Crippen LogP contribution is 2.23. The maximum Gasteiger partial charge on any atom is 0.305 e. The highest BCUT2D eigenvalue weighted by Gasteiger charge is 2.24. The number of nitrogens with zero attached hydrogens (tertiary/aromatic N) is 2. The summed E-state index contributed by atoms with van der Waals surface area (Å²) in [6, 6.07) is 16.7. The lowest BCUT2D eigenvalue weighted by atomic mass is 10.1. The van der Waals surface area contributed by atoms with Gasteiger partial charge >= 0.3 is 11.6 Å². The van der Waals surface area contributed by atoms with Gasteiger partial charge in [-0.2, -0.15) is 0 Å². The molecule has 100 valence electrons. The molecular weight excluding hydrogens is 254 g/mol. The zero-order valence-corrected chi connectivity index (χ0v) is 10.7. The van der Waals surface area contributed by atoms with Crippen LogP contribution in [-0.4, -0.2) is 10.4 Å². The van der Waals surface area contributed by atoms with Gasteiger partial charge in [0.2, 0.25) is 11.8 Å². The molecule has 20 heavy (non-hydrogen) atoms. The largest absolute Gasteiger partial charge is 0.508 e. The summed E-state index contributed by atoms with van der Waals surface area (Å²) in [6.45, 7) is 0.567. The lowest BCUT2D eigenvalue weighted by Gasteiger charge is -1.97. The summed E-state index contributed by atoms with van der Waals surface area (Å²) in [5.41, 5.74) is 8.50. The van der Waals surface area contributed by atoms with E-state index in [0.29, 0.717) is 12.2 Å². The fourth-order valence-corrected chi connectivity index (χ4v) is 2.08. The predicted molar refractivity (Wildman–Crippen MR) is 73.8 cm³/mol. The summed E-state index contributed by atoms with van der Waals surface area (Å²) in [5.74, 6) is 0.463. The van der Waals surface area contributed by atoms with Crippen LogP contribution in [0.1, 0.15) is 5.56 Å². The Bertz CT molecular complexity index is 706. The molecule has 3 N–H and O–H groups in total. The Hall–Kier alpha value is -2.82. The minimum atomic E-state index is 0.207. The molecule has 3 aromatic rings. The number of rotatable bonds is 3. The third-order valence-electron chi connectivity index (χ3n) is 3.05. The van der Waals surface area contributed by atoms with Crippen molar-refractivity contribution >= 4 is 5.88 Å². The molecule has 0 radical (unpaired) electrons. The summed E-state index contributed by atoms with van der Waals surface area (Å²) in [5, 5.41) is 13.3. The minimum absolute atomic E-state index is 0.207. The van der Waals surface area contributed by atoms with Crippen LogP contribution >= 0.6 is 0 Å². The molecule has 5 nitrogen and oxygen atoms in total. The SMILES string of the molecule is Nc1on[n+](Cc2ccccc2)c1-c1ccc(O)cc1. The lowest BCUT2D eigenvalue weighted by Crippen LogP contribution is -2.38. The van der Waals surface area contributed by atoms with Gasteiger partial charge in [0.15, 0.2) is 0 Å². The first kappa shape index (κ1) is 12.2. The van der Waals surface area contributed by atoms with Crippen LogP contribution in [0.2, 0.25) is 0 Å². The van der Waals surface area contributed by atoms with E-state index in [0.717, 1.165) is 11.1 Å². The van der Waals surface area contributed by atoms with Crippen LogP contribution in [0.4, 0.5) is 5.88 Å². The van der Waals surface area contributed by atoms with Gasteiger partial charge in [0.25, 0.3) is 0 Å². The normalized spacial score (nSPS) is 10.6. The number of aromatic nitrogens is 2. The molecule has 0 amide bonds. The quantitative estimate of drug-likeness (QED) is 0.712. The average molecular weight is 268 g/mol. The molecular formula is C15H14N3O2+. The van der Waals surface area contributed by atoms with Crippen molar-refractivity contribution in [3.63, 3.8) is 0 Å². The van der Waals surface area contributed by atoms with Gasteiger partial charge < -0.3 is 10.8 Å². The average Bonchev–Trinajstić information content (AvgIpc) is 2.82. The van der Waals surface area contributed by atoms with Gasteiger partial charge in [0.1, 0.15) is 5.75 Å². The second kappa shape index (κ2) is 5.05. The standard InChI is InChI=1S/C15H13N3O2/c16-15-14(12-6-8-13(19)9-7-12)18(17-20-15)10-11-4-2-1-3-5-11/h1-9,16-17H,10H2/p+1. The Labute approximate surface area is 115 Å². The summed E-state index contributed by atoms with van der Waals surface area (Å²) >= 11 is 0. The number of hydrogen-bond donors (Lipinski definition) is 2. The predicted octanol–water partition coefficient (Wildman–Crippen LogP) is 1.97. The molecule has 0 saturated carbocycles. The van der Waals surface area contributed by atoms with E-state index in [2.05, 4.69) is 5.27 Å². The zero-order chi connectivity index (χ0) is 13.9. The van der Waals surface area contributed by atoms with Crippen molar-refractivity contribution in [2.45, 2.75) is 6.54 Å². The third kappa shape index (κ3) is 2.33. The Morgan fingerprint density at radius 2 is 1.75 bits per heavy atom. The van der Waals surface area contributed by atoms with E-state index in [9.17, 15) is 5.11 Å². The van der Waals surface area contributed by atoms with Gasteiger partial charge in [-0.1, -0.05) is 30.3 Å². The number of hydrogen-bond acceptors (Lipinski definition) is 4.